The van der Waals surface area contributed by atoms with E-state index in [1.165, 1.54) is 5.56 Å². The van der Waals surface area contributed by atoms with Crippen LogP contribution in [0.3, 0.4) is 0 Å². The third kappa shape index (κ3) is 4.94. The molecule has 0 amide bonds. The maximum absolute atomic E-state index is 10.3. The Hall–Kier alpha value is -2.11. The summed E-state index contributed by atoms with van der Waals surface area (Å²) in [6.07, 6.45) is 1.35. The molecule has 1 fully saturated rings. The number of pyridine rings is 1. The molecule has 5 heteroatoms. The second-order valence-electron chi connectivity index (χ2n) is 6.71. The van der Waals surface area contributed by atoms with Crippen LogP contribution in [0.25, 0.3) is 0 Å². The topological polar surface area (TPSA) is 48.8 Å². The van der Waals surface area contributed by atoms with Gasteiger partial charge in [-0.1, -0.05) is 23.8 Å². The Kier molecular flexibility index (Phi) is 5.89. The Balaban J connectivity index is 1.42. The predicted octanol–water partition coefficient (Wildman–Crippen LogP) is 2.26. The van der Waals surface area contributed by atoms with Gasteiger partial charge in [0.05, 0.1) is 0 Å². The number of aliphatic hydroxyl groups excluding tert-OH is 1. The number of benzene rings is 1. The molecule has 0 saturated carbocycles. The van der Waals surface area contributed by atoms with Gasteiger partial charge in [-0.05, 0) is 37.6 Å². The fraction of sp³-hybridized carbons (Fsp3) is 0.450. The summed E-state index contributed by atoms with van der Waals surface area (Å²) < 4.78 is 5.79. The minimum Gasteiger partial charge on any atom is -0.491 e. The molecule has 5 nitrogen and oxygen atoms in total. The van der Waals surface area contributed by atoms with Crippen molar-refractivity contribution in [1.82, 2.24) is 9.88 Å². The van der Waals surface area contributed by atoms with E-state index in [1.807, 2.05) is 43.5 Å². The van der Waals surface area contributed by atoms with Crippen LogP contribution in [0.1, 0.15) is 11.1 Å². The molecular formula is C20H27N3O2. The van der Waals surface area contributed by atoms with Crippen LogP contribution in [0.5, 0.6) is 5.75 Å². The molecule has 0 unspecified atom stereocenters. The van der Waals surface area contributed by atoms with Crippen LogP contribution in [-0.4, -0.2) is 60.4 Å². The third-order valence-corrected chi connectivity index (χ3v) is 4.58. The largest absolute Gasteiger partial charge is 0.491 e. The Morgan fingerprint density at radius 1 is 1.12 bits per heavy atom. The Morgan fingerprint density at radius 2 is 1.92 bits per heavy atom. The first-order chi connectivity index (χ1) is 12.1. The lowest BCUT2D eigenvalue weighted by molar-refractivity contribution is 0.0660. The van der Waals surface area contributed by atoms with Crippen LogP contribution in [0, 0.1) is 13.8 Å². The first-order valence-electron chi connectivity index (χ1n) is 8.88. The fourth-order valence-electron chi connectivity index (χ4n) is 3.20. The molecule has 1 aliphatic rings. The van der Waals surface area contributed by atoms with Crippen molar-refractivity contribution >= 4 is 5.82 Å². The maximum Gasteiger partial charge on any atom is 0.128 e. The third-order valence-electron chi connectivity index (χ3n) is 4.58. The summed E-state index contributed by atoms with van der Waals surface area (Å²) in [5.41, 5.74) is 2.33. The molecule has 0 radical (unpaired) electrons. The molecule has 1 aromatic carbocycles. The first kappa shape index (κ1) is 17.7. The number of aromatic nitrogens is 1. The second kappa shape index (κ2) is 8.32. The minimum atomic E-state index is -0.484. The van der Waals surface area contributed by atoms with Crippen LogP contribution in [0.15, 0.2) is 42.6 Å². The van der Waals surface area contributed by atoms with Gasteiger partial charge in [0.15, 0.2) is 0 Å². The summed E-state index contributed by atoms with van der Waals surface area (Å²) >= 11 is 0. The van der Waals surface area contributed by atoms with Gasteiger partial charge in [-0.25, -0.2) is 4.98 Å². The highest BCUT2D eigenvalue weighted by Gasteiger charge is 2.20. The molecule has 1 atom stereocenters. The molecule has 2 heterocycles. The van der Waals surface area contributed by atoms with Crippen molar-refractivity contribution in [3.63, 3.8) is 0 Å². The van der Waals surface area contributed by atoms with Crippen LogP contribution in [0.2, 0.25) is 0 Å². The Morgan fingerprint density at radius 3 is 2.60 bits per heavy atom. The zero-order valence-electron chi connectivity index (χ0n) is 15.1. The summed E-state index contributed by atoms with van der Waals surface area (Å²) in [6, 6.07) is 12.1. The number of rotatable bonds is 6. The zero-order valence-corrected chi connectivity index (χ0v) is 15.1. The molecule has 1 aliphatic heterocycles. The Labute approximate surface area is 149 Å². The van der Waals surface area contributed by atoms with E-state index in [1.54, 1.807) is 0 Å². The first-order valence-corrected chi connectivity index (χ1v) is 8.88. The van der Waals surface area contributed by atoms with E-state index >= 15 is 0 Å². The highest BCUT2D eigenvalue weighted by atomic mass is 16.5. The number of ether oxygens (including phenoxy) is 1. The van der Waals surface area contributed by atoms with Crippen molar-refractivity contribution < 1.29 is 9.84 Å². The molecule has 1 saturated heterocycles. The van der Waals surface area contributed by atoms with E-state index in [2.05, 4.69) is 27.8 Å². The van der Waals surface area contributed by atoms with Crippen molar-refractivity contribution in [3.8, 4) is 5.75 Å². The van der Waals surface area contributed by atoms with Gasteiger partial charge in [0.2, 0.25) is 0 Å². The SMILES string of the molecule is Cc1ccc(OC[C@H](O)CN2CCN(c3ccccn3)CC2)c(C)c1. The van der Waals surface area contributed by atoms with Gasteiger partial charge in [-0.2, -0.15) is 0 Å². The number of anilines is 1. The summed E-state index contributed by atoms with van der Waals surface area (Å²) in [7, 11) is 0. The normalized spacial score (nSPS) is 16.7. The number of β-amino-alcohol motifs (C(OH)–C–C–N with tert-alkyl or cyclic N) is 1. The van der Waals surface area contributed by atoms with E-state index < -0.39 is 6.10 Å². The maximum atomic E-state index is 10.3. The molecule has 0 spiro atoms. The standard InChI is InChI=1S/C20H27N3O2/c1-16-6-7-19(17(2)13-16)25-15-18(24)14-22-9-11-23(12-10-22)20-5-3-4-8-21-20/h3-8,13,18,24H,9-12,14-15H2,1-2H3/t18-/m1/s1. The number of aryl methyl sites for hydroxylation is 2. The van der Waals surface area contributed by atoms with E-state index in [-0.39, 0.29) is 0 Å². The van der Waals surface area contributed by atoms with Crippen molar-refractivity contribution in [3.05, 3.63) is 53.7 Å². The quantitative estimate of drug-likeness (QED) is 0.873. The molecule has 25 heavy (non-hydrogen) atoms. The monoisotopic (exact) mass is 341 g/mol. The van der Waals surface area contributed by atoms with Crippen molar-refractivity contribution in [2.75, 3.05) is 44.2 Å². The van der Waals surface area contributed by atoms with Gasteiger partial charge < -0.3 is 14.7 Å². The molecule has 3 rings (SSSR count). The van der Waals surface area contributed by atoms with Gasteiger partial charge in [0.25, 0.3) is 0 Å². The Bertz CT molecular complexity index is 670. The highest BCUT2D eigenvalue weighted by molar-refractivity contribution is 5.38. The van der Waals surface area contributed by atoms with Crippen LogP contribution in [-0.2, 0) is 0 Å². The van der Waals surface area contributed by atoms with Gasteiger partial charge in [0.1, 0.15) is 24.3 Å². The second-order valence-corrected chi connectivity index (χ2v) is 6.71. The van der Waals surface area contributed by atoms with E-state index in [9.17, 15) is 5.11 Å². The predicted molar refractivity (Wildman–Crippen MR) is 100 cm³/mol. The highest BCUT2D eigenvalue weighted by Crippen LogP contribution is 2.19. The molecule has 2 aromatic rings. The molecule has 0 aliphatic carbocycles. The van der Waals surface area contributed by atoms with Gasteiger partial charge in [0, 0.05) is 38.9 Å². The van der Waals surface area contributed by atoms with Gasteiger partial charge in [-0.3, -0.25) is 4.90 Å². The lowest BCUT2D eigenvalue weighted by atomic mass is 10.1. The van der Waals surface area contributed by atoms with Crippen molar-refractivity contribution in [2.24, 2.45) is 0 Å². The number of piperazine rings is 1. The minimum absolute atomic E-state index is 0.324. The van der Waals surface area contributed by atoms with Gasteiger partial charge >= 0.3 is 0 Å². The zero-order chi connectivity index (χ0) is 17.6. The molecule has 0 bridgehead atoms. The van der Waals surface area contributed by atoms with Crippen LogP contribution in [0.4, 0.5) is 5.82 Å². The average Bonchev–Trinajstić information content (AvgIpc) is 2.62. The van der Waals surface area contributed by atoms with Crippen LogP contribution >= 0.6 is 0 Å². The summed E-state index contributed by atoms with van der Waals surface area (Å²) in [5.74, 6) is 1.88. The van der Waals surface area contributed by atoms with Crippen LogP contribution < -0.4 is 9.64 Å². The molecular weight excluding hydrogens is 314 g/mol. The fourth-order valence-corrected chi connectivity index (χ4v) is 3.20. The van der Waals surface area contributed by atoms with E-state index in [0.717, 1.165) is 43.3 Å². The lowest BCUT2D eigenvalue weighted by Crippen LogP contribution is -2.49. The number of hydrogen-bond acceptors (Lipinski definition) is 5. The summed E-state index contributed by atoms with van der Waals surface area (Å²) in [5, 5.41) is 10.3. The summed E-state index contributed by atoms with van der Waals surface area (Å²) in [6.45, 7) is 8.78. The average molecular weight is 341 g/mol. The lowest BCUT2D eigenvalue weighted by Gasteiger charge is -2.36. The number of aliphatic hydroxyl groups is 1. The van der Waals surface area contributed by atoms with E-state index in [0.29, 0.717) is 13.2 Å². The van der Waals surface area contributed by atoms with Crippen molar-refractivity contribution in [2.45, 2.75) is 20.0 Å². The van der Waals surface area contributed by atoms with Gasteiger partial charge in [-0.15, -0.1) is 0 Å². The summed E-state index contributed by atoms with van der Waals surface area (Å²) in [4.78, 5) is 8.98. The smallest absolute Gasteiger partial charge is 0.128 e. The van der Waals surface area contributed by atoms with Crippen molar-refractivity contribution in [1.29, 1.82) is 0 Å². The number of nitrogens with zero attached hydrogens (tertiary/aromatic N) is 3. The number of hydrogen-bond donors (Lipinski definition) is 1. The molecule has 1 aromatic heterocycles. The molecule has 1 N–H and O–H groups in total. The van der Waals surface area contributed by atoms with E-state index in [4.69, 9.17) is 4.74 Å². The molecule has 134 valence electrons.